The van der Waals surface area contributed by atoms with Gasteiger partial charge in [0.25, 0.3) is 0 Å². The molecule has 1 aliphatic carbocycles. The molecule has 2 heterocycles. The zero-order valence-electron chi connectivity index (χ0n) is 11.6. The van der Waals surface area contributed by atoms with Gasteiger partial charge in [0.15, 0.2) is 5.82 Å². The van der Waals surface area contributed by atoms with Crippen LogP contribution >= 0.6 is 11.6 Å². The molecule has 4 rings (SSSR count). The molecule has 0 spiro atoms. The average Bonchev–Trinajstić information content (AvgIpc) is 2.71. The summed E-state index contributed by atoms with van der Waals surface area (Å²) in [7, 11) is 0. The van der Waals surface area contributed by atoms with Crippen molar-refractivity contribution in [3.05, 3.63) is 77.4 Å². The van der Waals surface area contributed by atoms with E-state index in [0.717, 1.165) is 28.6 Å². The third-order valence-corrected chi connectivity index (χ3v) is 3.85. The van der Waals surface area contributed by atoms with Crippen molar-refractivity contribution in [2.45, 2.75) is 5.92 Å². The highest BCUT2D eigenvalue weighted by Crippen LogP contribution is 2.37. The Morgan fingerprint density at radius 2 is 2.14 bits per heavy atom. The minimum absolute atomic E-state index is 0.157. The summed E-state index contributed by atoms with van der Waals surface area (Å²) in [5.41, 5.74) is 3.81. The summed E-state index contributed by atoms with van der Waals surface area (Å²) in [6.45, 7) is 0. The second kappa shape index (κ2) is 5.31. The van der Waals surface area contributed by atoms with Gasteiger partial charge in [-0.1, -0.05) is 35.9 Å². The van der Waals surface area contributed by atoms with Gasteiger partial charge in [-0.2, -0.15) is 0 Å². The van der Waals surface area contributed by atoms with E-state index in [0.29, 0.717) is 5.02 Å². The van der Waals surface area contributed by atoms with Crippen LogP contribution in [0.4, 0.5) is 17.2 Å². The first-order chi connectivity index (χ1) is 10.8. The molecular formula is C17H13ClN4. The minimum atomic E-state index is 0.157. The van der Waals surface area contributed by atoms with Crippen LogP contribution in [0.15, 0.2) is 66.7 Å². The van der Waals surface area contributed by atoms with Crippen LogP contribution in [0, 0.1) is 0 Å². The van der Waals surface area contributed by atoms with Crippen molar-refractivity contribution in [3.8, 4) is 0 Å². The molecule has 1 atom stereocenters. The number of allylic oxidation sites excluding steroid dienone is 5. The van der Waals surface area contributed by atoms with Gasteiger partial charge in [-0.15, -0.1) is 0 Å². The van der Waals surface area contributed by atoms with E-state index in [1.165, 1.54) is 0 Å². The Labute approximate surface area is 133 Å². The van der Waals surface area contributed by atoms with Crippen molar-refractivity contribution in [2.75, 3.05) is 10.6 Å². The molecule has 22 heavy (non-hydrogen) atoms. The van der Waals surface area contributed by atoms with E-state index < -0.39 is 0 Å². The van der Waals surface area contributed by atoms with Gasteiger partial charge in [0.2, 0.25) is 0 Å². The molecule has 1 aromatic heterocycles. The number of fused-ring (bicyclic) bond motifs is 3. The van der Waals surface area contributed by atoms with Crippen molar-refractivity contribution >= 4 is 28.8 Å². The number of hydrogen-bond donors (Lipinski definition) is 2. The van der Waals surface area contributed by atoms with Crippen LogP contribution in [0.1, 0.15) is 11.6 Å². The minimum Gasteiger partial charge on any atom is -0.351 e. The second-order valence-electron chi connectivity index (χ2n) is 5.13. The van der Waals surface area contributed by atoms with Gasteiger partial charge in [-0.3, -0.25) is 0 Å². The van der Waals surface area contributed by atoms with Crippen molar-refractivity contribution in [1.29, 1.82) is 0 Å². The maximum absolute atomic E-state index is 6.04. The van der Waals surface area contributed by atoms with Gasteiger partial charge >= 0.3 is 0 Å². The first kappa shape index (κ1) is 13.1. The third-order valence-electron chi connectivity index (χ3n) is 3.61. The standard InChI is InChI=1S/C17H13ClN4/c18-12-5-3-7-14(9-12)22-17-16-15(19-10-20-17)11-4-1-2-6-13(8-11)21-16/h1-11,21H,(H,19,20,22). The third kappa shape index (κ3) is 2.38. The summed E-state index contributed by atoms with van der Waals surface area (Å²) in [5.74, 6) is 0.899. The molecule has 1 aliphatic heterocycles. The lowest BCUT2D eigenvalue weighted by Crippen LogP contribution is -2.14. The van der Waals surface area contributed by atoms with E-state index in [-0.39, 0.29) is 5.92 Å². The SMILES string of the molecule is Clc1cccc(Nc2ncnc3c2NC2=CC3C=CC=C2)c1. The molecule has 0 saturated heterocycles. The molecule has 0 saturated carbocycles. The largest absolute Gasteiger partial charge is 0.351 e. The molecule has 108 valence electrons. The maximum atomic E-state index is 6.04. The smallest absolute Gasteiger partial charge is 0.157 e. The van der Waals surface area contributed by atoms with Gasteiger partial charge in [-0.25, -0.2) is 9.97 Å². The topological polar surface area (TPSA) is 49.8 Å². The predicted octanol–water partition coefficient (Wildman–Crippen LogP) is 4.39. The molecule has 2 aromatic rings. The highest BCUT2D eigenvalue weighted by molar-refractivity contribution is 6.30. The first-order valence-corrected chi connectivity index (χ1v) is 7.38. The molecule has 2 aliphatic rings. The van der Waals surface area contributed by atoms with Crippen LogP contribution in [0.5, 0.6) is 0 Å². The molecule has 0 amide bonds. The van der Waals surface area contributed by atoms with Gasteiger partial charge in [0.1, 0.15) is 12.0 Å². The summed E-state index contributed by atoms with van der Waals surface area (Å²) in [4.78, 5) is 8.81. The van der Waals surface area contributed by atoms with Crippen LogP contribution in [0.2, 0.25) is 5.02 Å². The Morgan fingerprint density at radius 1 is 1.18 bits per heavy atom. The van der Waals surface area contributed by atoms with Crippen LogP contribution < -0.4 is 10.6 Å². The fraction of sp³-hybridized carbons (Fsp3) is 0.0588. The highest BCUT2D eigenvalue weighted by Gasteiger charge is 2.23. The van der Waals surface area contributed by atoms with Crippen LogP contribution in [-0.2, 0) is 0 Å². The van der Waals surface area contributed by atoms with E-state index in [9.17, 15) is 0 Å². The number of halogens is 1. The fourth-order valence-corrected chi connectivity index (χ4v) is 2.81. The quantitative estimate of drug-likeness (QED) is 0.863. The van der Waals surface area contributed by atoms with Gasteiger partial charge in [0.05, 0.1) is 5.69 Å². The molecule has 0 radical (unpaired) electrons. The summed E-state index contributed by atoms with van der Waals surface area (Å²) in [5, 5.41) is 7.38. The molecule has 1 unspecified atom stereocenters. The Kier molecular flexibility index (Phi) is 3.16. The molecule has 2 N–H and O–H groups in total. The Morgan fingerprint density at radius 3 is 3.05 bits per heavy atom. The molecule has 4 nitrogen and oxygen atoms in total. The van der Waals surface area contributed by atoms with Gasteiger partial charge in [-0.05, 0) is 30.4 Å². The number of benzene rings is 1. The number of nitrogens with one attached hydrogen (secondary N) is 2. The molecule has 5 heteroatoms. The number of rotatable bonds is 2. The molecular weight excluding hydrogens is 296 g/mol. The van der Waals surface area contributed by atoms with Gasteiger partial charge < -0.3 is 10.6 Å². The Balaban J connectivity index is 1.75. The van der Waals surface area contributed by atoms with Crippen LogP contribution in [-0.4, -0.2) is 9.97 Å². The van der Waals surface area contributed by atoms with Crippen molar-refractivity contribution in [2.24, 2.45) is 0 Å². The van der Waals surface area contributed by atoms with E-state index in [1.54, 1.807) is 6.33 Å². The zero-order chi connectivity index (χ0) is 14.9. The van der Waals surface area contributed by atoms with Crippen molar-refractivity contribution < 1.29 is 0 Å². The van der Waals surface area contributed by atoms with Gasteiger partial charge in [0, 0.05) is 22.3 Å². The summed E-state index contributed by atoms with van der Waals surface area (Å²) in [6, 6.07) is 7.56. The van der Waals surface area contributed by atoms with E-state index in [2.05, 4.69) is 32.8 Å². The summed E-state index contributed by atoms with van der Waals surface area (Å²) < 4.78 is 0. The number of anilines is 3. The van der Waals surface area contributed by atoms with E-state index in [1.807, 2.05) is 42.5 Å². The highest BCUT2D eigenvalue weighted by atomic mass is 35.5. The summed E-state index contributed by atoms with van der Waals surface area (Å²) >= 11 is 6.04. The Hall–Kier alpha value is -2.59. The fourth-order valence-electron chi connectivity index (χ4n) is 2.62. The average molecular weight is 309 g/mol. The van der Waals surface area contributed by atoms with Crippen molar-refractivity contribution in [3.63, 3.8) is 0 Å². The lowest BCUT2D eigenvalue weighted by Gasteiger charge is -2.23. The zero-order valence-corrected chi connectivity index (χ0v) is 12.4. The monoisotopic (exact) mass is 308 g/mol. The lowest BCUT2D eigenvalue weighted by atomic mass is 9.99. The number of hydrogen-bond acceptors (Lipinski definition) is 4. The first-order valence-electron chi connectivity index (χ1n) is 7.01. The van der Waals surface area contributed by atoms with Crippen molar-refractivity contribution in [1.82, 2.24) is 9.97 Å². The van der Waals surface area contributed by atoms with E-state index >= 15 is 0 Å². The number of aromatic nitrogens is 2. The normalized spacial score (nSPS) is 18.0. The molecule has 1 aromatic carbocycles. The summed E-state index contributed by atoms with van der Waals surface area (Å²) in [6.07, 6.45) is 11.9. The van der Waals surface area contributed by atoms with E-state index in [4.69, 9.17) is 11.6 Å². The number of nitrogens with zero attached hydrogens (tertiary/aromatic N) is 2. The maximum Gasteiger partial charge on any atom is 0.157 e. The Bertz CT molecular complexity index is 823. The van der Waals surface area contributed by atoms with Crippen LogP contribution in [0.25, 0.3) is 0 Å². The van der Waals surface area contributed by atoms with Crippen LogP contribution in [0.3, 0.4) is 0 Å². The lowest BCUT2D eigenvalue weighted by molar-refractivity contribution is 0.947. The molecule has 2 bridgehead atoms. The predicted molar refractivity (Wildman–Crippen MR) is 89.5 cm³/mol. The molecule has 0 fully saturated rings. The second-order valence-corrected chi connectivity index (χ2v) is 5.57.